The highest BCUT2D eigenvalue weighted by molar-refractivity contribution is 7.00. The minimum absolute atomic E-state index is 0.0226. The maximum absolute atomic E-state index is 12.8. The molecule has 140 valence electrons. The second-order valence-corrected chi connectivity index (χ2v) is 7.34. The standard InChI is InChI=1S/C20H17N5O2S/c26-20(13-5-6-17-18(11-13)24-28-23-17)25-9-7-15(8-10-25)27-19-16-4-2-1-3-14(16)12-21-22-19/h1-6,11-12,15H,7-10H2. The van der Waals surface area contributed by atoms with Crippen LogP contribution in [0, 0.1) is 0 Å². The SMILES string of the molecule is O=C(c1ccc2nsnc2c1)N1CCC(Oc2nncc3ccccc23)CC1. The number of benzene rings is 2. The first-order valence-electron chi connectivity index (χ1n) is 9.16. The highest BCUT2D eigenvalue weighted by Gasteiger charge is 2.25. The Labute approximate surface area is 165 Å². The van der Waals surface area contributed by atoms with E-state index in [4.69, 9.17) is 4.74 Å². The number of piperidine rings is 1. The van der Waals surface area contributed by atoms with Crippen LogP contribution in [-0.2, 0) is 0 Å². The molecule has 0 atom stereocenters. The summed E-state index contributed by atoms with van der Waals surface area (Å²) in [4.78, 5) is 14.7. The molecule has 7 nitrogen and oxygen atoms in total. The van der Waals surface area contributed by atoms with Gasteiger partial charge in [0.15, 0.2) is 0 Å². The molecular formula is C20H17N5O2S. The van der Waals surface area contributed by atoms with Gasteiger partial charge in [0.1, 0.15) is 17.1 Å². The summed E-state index contributed by atoms with van der Waals surface area (Å²) in [6.45, 7) is 1.30. The molecule has 2 aromatic carbocycles. The van der Waals surface area contributed by atoms with E-state index < -0.39 is 0 Å². The molecule has 0 aliphatic carbocycles. The first kappa shape index (κ1) is 17.0. The number of rotatable bonds is 3. The average molecular weight is 391 g/mol. The van der Waals surface area contributed by atoms with E-state index in [-0.39, 0.29) is 12.0 Å². The first-order chi connectivity index (χ1) is 13.8. The summed E-state index contributed by atoms with van der Waals surface area (Å²) in [6, 6.07) is 13.4. The molecule has 0 bridgehead atoms. The molecule has 0 unspecified atom stereocenters. The lowest BCUT2D eigenvalue weighted by molar-refractivity contribution is 0.0589. The Morgan fingerprint density at radius 3 is 2.79 bits per heavy atom. The number of carbonyl (C=O) groups excluding carboxylic acids is 1. The fourth-order valence-corrected chi connectivity index (χ4v) is 4.04. The molecule has 2 aromatic heterocycles. The summed E-state index contributed by atoms with van der Waals surface area (Å²) in [5.74, 6) is 0.586. The minimum Gasteiger partial charge on any atom is -0.473 e. The van der Waals surface area contributed by atoms with Gasteiger partial charge in [-0.3, -0.25) is 4.79 Å². The molecule has 8 heteroatoms. The molecule has 1 aliphatic heterocycles. The van der Waals surface area contributed by atoms with Crippen LogP contribution in [0.15, 0.2) is 48.7 Å². The summed E-state index contributed by atoms with van der Waals surface area (Å²) in [6.07, 6.45) is 3.28. The van der Waals surface area contributed by atoms with E-state index in [2.05, 4.69) is 18.9 Å². The van der Waals surface area contributed by atoms with Gasteiger partial charge in [-0.1, -0.05) is 18.2 Å². The van der Waals surface area contributed by atoms with Gasteiger partial charge in [-0.25, -0.2) is 0 Å². The maximum Gasteiger partial charge on any atom is 0.253 e. The lowest BCUT2D eigenvalue weighted by Gasteiger charge is -2.32. The number of aromatic nitrogens is 4. The summed E-state index contributed by atoms with van der Waals surface area (Å²) in [5.41, 5.74) is 2.24. The van der Waals surface area contributed by atoms with Crippen LogP contribution in [0.2, 0.25) is 0 Å². The Morgan fingerprint density at radius 1 is 1.07 bits per heavy atom. The fourth-order valence-electron chi connectivity index (χ4n) is 3.52. The van der Waals surface area contributed by atoms with Gasteiger partial charge < -0.3 is 9.64 Å². The lowest BCUT2D eigenvalue weighted by atomic mass is 10.1. The largest absolute Gasteiger partial charge is 0.473 e. The van der Waals surface area contributed by atoms with Gasteiger partial charge in [-0.2, -0.15) is 13.8 Å². The Balaban J connectivity index is 1.26. The zero-order valence-electron chi connectivity index (χ0n) is 15.0. The maximum atomic E-state index is 12.8. The molecular weight excluding hydrogens is 374 g/mol. The van der Waals surface area contributed by atoms with Gasteiger partial charge in [0.2, 0.25) is 5.88 Å². The van der Waals surface area contributed by atoms with Crippen molar-refractivity contribution in [2.75, 3.05) is 13.1 Å². The third-order valence-corrected chi connectivity index (χ3v) is 5.60. The number of carbonyl (C=O) groups is 1. The van der Waals surface area contributed by atoms with Crippen molar-refractivity contribution in [3.05, 3.63) is 54.2 Å². The Kier molecular flexibility index (Phi) is 4.32. The fraction of sp³-hybridized carbons (Fsp3) is 0.250. The minimum atomic E-state index is 0.0226. The number of fused-ring (bicyclic) bond motifs is 2. The van der Waals surface area contributed by atoms with Crippen LogP contribution in [0.1, 0.15) is 23.2 Å². The topological polar surface area (TPSA) is 81.1 Å². The van der Waals surface area contributed by atoms with Gasteiger partial charge in [-0.05, 0) is 24.3 Å². The van der Waals surface area contributed by atoms with Crippen molar-refractivity contribution in [3.63, 3.8) is 0 Å². The summed E-state index contributed by atoms with van der Waals surface area (Å²) in [7, 11) is 0. The molecule has 28 heavy (non-hydrogen) atoms. The van der Waals surface area contributed by atoms with E-state index in [0.29, 0.717) is 24.5 Å². The van der Waals surface area contributed by atoms with E-state index in [1.807, 2.05) is 47.4 Å². The number of hydrogen-bond acceptors (Lipinski definition) is 7. The molecule has 0 radical (unpaired) electrons. The van der Waals surface area contributed by atoms with Gasteiger partial charge in [0.05, 0.1) is 17.9 Å². The second-order valence-electron chi connectivity index (χ2n) is 6.81. The number of nitrogens with zero attached hydrogens (tertiary/aromatic N) is 5. The van der Waals surface area contributed by atoms with E-state index in [1.54, 1.807) is 6.20 Å². The number of ether oxygens (including phenoxy) is 1. The average Bonchev–Trinajstić information content (AvgIpc) is 3.22. The highest BCUT2D eigenvalue weighted by Crippen LogP contribution is 2.25. The van der Waals surface area contributed by atoms with Crippen LogP contribution >= 0.6 is 11.7 Å². The van der Waals surface area contributed by atoms with Crippen molar-refractivity contribution in [1.29, 1.82) is 0 Å². The van der Waals surface area contributed by atoms with Crippen LogP contribution in [0.4, 0.5) is 0 Å². The third kappa shape index (κ3) is 3.16. The van der Waals surface area contributed by atoms with Crippen molar-refractivity contribution in [1.82, 2.24) is 23.8 Å². The van der Waals surface area contributed by atoms with E-state index in [0.717, 1.165) is 46.4 Å². The zero-order chi connectivity index (χ0) is 18.9. The van der Waals surface area contributed by atoms with Gasteiger partial charge in [-0.15, -0.1) is 5.10 Å². The molecule has 1 fully saturated rings. The summed E-state index contributed by atoms with van der Waals surface area (Å²) in [5, 5.41) is 10.2. The Morgan fingerprint density at radius 2 is 1.89 bits per heavy atom. The van der Waals surface area contributed by atoms with Crippen molar-refractivity contribution >= 4 is 39.4 Å². The quantitative estimate of drug-likeness (QED) is 0.533. The number of hydrogen-bond donors (Lipinski definition) is 0. The van der Waals surface area contributed by atoms with Gasteiger partial charge >= 0.3 is 0 Å². The monoisotopic (exact) mass is 391 g/mol. The Bertz CT molecular complexity index is 1150. The molecule has 0 N–H and O–H groups in total. The molecule has 5 rings (SSSR count). The zero-order valence-corrected chi connectivity index (χ0v) is 15.8. The van der Waals surface area contributed by atoms with Crippen molar-refractivity contribution in [2.24, 2.45) is 0 Å². The van der Waals surface area contributed by atoms with Crippen LogP contribution in [0.3, 0.4) is 0 Å². The van der Waals surface area contributed by atoms with E-state index in [1.165, 1.54) is 0 Å². The smallest absolute Gasteiger partial charge is 0.253 e. The molecule has 1 saturated heterocycles. The van der Waals surface area contributed by atoms with Crippen LogP contribution in [-0.4, -0.2) is 48.9 Å². The Hall–Kier alpha value is -3.13. The van der Waals surface area contributed by atoms with E-state index in [9.17, 15) is 4.79 Å². The van der Waals surface area contributed by atoms with Gasteiger partial charge in [0.25, 0.3) is 5.91 Å². The third-order valence-electron chi connectivity index (χ3n) is 5.04. The molecule has 1 amide bonds. The summed E-state index contributed by atoms with van der Waals surface area (Å²) >= 11 is 1.16. The molecule has 3 heterocycles. The predicted molar refractivity (Wildman–Crippen MR) is 107 cm³/mol. The predicted octanol–water partition coefficient (Wildman–Crippen LogP) is 3.32. The first-order valence-corrected chi connectivity index (χ1v) is 9.90. The second kappa shape index (κ2) is 7.12. The van der Waals surface area contributed by atoms with E-state index >= 15 is 0 Å². The molecule has 4 aromatic rings. The van der Waals surface area contributed by atoms with Crippen LogP contribution in [0.5, 0.6) is 5.88 Å². The van der Waals surface area contributed by atoms with Crippen LogP contribution < -0.4 is 4.74 Å². The molecule has 0 saturated carbocycles. The highest BCUT2D eigenvalue weighted by atomic mass is 32.1. The number of likely N-dealkylation sites (tertiary alicyclic amines) is 1. The normalized spacial score (nSPS) is 15.2. The van der Waals surface area contributed by atoms with Crippen molar-refractivity contribution < 1.29 is 9.53 Å². The molecule has 0 spiro atoms. The number of amides is 1. The lowest BCUT2D eigenvalue weighted by Crippen LogP contribution is -2.41. The van der Waals surface area contributed by atoms with Crippen LogP contribution in [0.25, 0.3) is 21.8 Å². The van der Waals surface area contributed by atoms with Crippen molar-refractivity contribution in [2.45, 2.75) is 18.9 Å². The van der Waals surface area contributed by atoms with Gasteiger partial charge in [0, 0.05) is 42.3 Å². The van der Waals surface area contributed by atoms with Crippen molar-refractivity contribution in [3.8, 4) is 5.88 Å². The summed E-state index contributed by atoms with van der Waals surface area (Å²) < 4.78 is 14.5. The molecule has 1 aliphatic rings.